The van der Waals surface area contributed by atoms with Crippen molar-refractivity contribution in [1.82, 2.24) is 4.98 Å². The van der Waals surface area contributed by atoms with Crippen LogP contribution in [0.4, 0.5) is 5.13 Å². The van der Waals surface area contributed by atoms with Gasteiger partial charge in [-0.3, -0.25) is 4.79 Å². The molecule has 4 nitrogen and oxygen atoms in total. The highest BCUT2D eigenvalue weighted by molar-refractivity contribution is 7.17. The van der Waals surface area contributed by atoms with Crippen molar-refractivity contribution in [3.05, 3.63) is 52.5 Å². The van der Waals surface area contributed by atoms with E-state index in [2.05, 4.69) is 23.8 Å². The summed E-state index contributed by atoms with van der Waals surface area (Å²) in [6.07, 6.45) is 2.98. The molecule has 1 N–H and O–H groups in total. The number of benzene rings is 2. The lowest BCUT2D eigenvalue weighted by Crippen LogP contribution is -2.25. The molecule has 2 aromatic carbocycles. The summed E-state index contributed by atoms with van der Waals surface area (Å²) in [4.78, 5) is 22.0. The number of fused-ring (bicyclic) bond motifs is 2. The van der Waals surface area contributed by atoms with E-state index in [0.717, 1.165) is 27.8 Å². The van der Waals surface area contributed by atoms with Gasteiger partial charge in [-0.25, -0.2) is 9.98 Å². The Morgan fingerprint density at radius 2 is 2.00 bits per heavy atom. The van der Waals surface area contributed by atoms with Crippen molar-refractivity contribution < 1.29 is 9.90 Å². The molecule has 0 bridgehead atoms. The highest BCUT2D eigenvalue weighted by Gasteiger charge is 2.33. The van der Waals surface area contributed by atoms with Gasteiger partial charge in [0.1, 0.15) is 5.75 Å². The van der Waals surface area contributed by atoms with Crippen molar-refractivity contribution in [2.24, 2.45) is 10.4 Å². The number of phenolic OH excluding ortho intramolecular Hbond substituents is 1. The van der Waals surface area contributed by atoms with Crippen LogP contribution in [0, 0.1) is 5.41 Å². The van der Waals surface area contributed by atoms with Crippen LogP contribution < -0.4 is 0 Å². The molecule has 0 atom stereocenters. The van der Waals surface area contributed by atoms with Crippen molar-refractivity contribution in [2.45, 2.75) is 26.7 Å². The number of phenols is 1. The van der Waals surface area contributed by atoms with Crippen LogP contribution in [0.1, 0.15) is 41.2 Å². The van der Waals surface area contributed by atoms with E-state index in [0.29, 0.717) is 17.1 Å². The van der Waals surface area contributed by atoms with E-state index in [-0.39, 0.29) is 16.9 Å². The van der Waals surface area contributed by atoms with E-state index in [4.69, 9.17) is 0 Å². The number of carbonyl (C=O) groups is 1. The molecule has 1 aliphatic carbocycles. The van der Waals surface area contributed by atoms with E-state index < -0.39 is 0 Å². The molecule has 0 spiro atoms. The minimum absolute atomic E-state index is 0.0486. The zero-order valence-corrected chi connectivity index (χ0v) is 14.9. The third-order valence-electron chi connectivity index (χ3n) is 4.48. The van der Waals surface area contributed by atoms with Gasteiger partial charge in [0.2, 0.25) is 5.13 Å². The van der Waals surface area contributed by atoms with E-state index in [1.165, 1.54) is 11.3 Å². The first-order valence-corrected chi connectivity index (χ1v) is 9.02. The molecule has 1 heterocycles. The number of hydrogen-bond acceptors (Lipinski definition) is 5. The fraction of sp³-hybridized carbons (Fsp3) is 0.250. The molecule has 0 radical (unpaired) electrons. The Bertz CT molecular complexity index is 1020. The Labute approximate surface area is 149 Å². The lowest BCUT2D eigenvalue weighted by atomic mass is 9.78. The Morgan fingerprint density at radius 3 is 2.84 bits per heavy atom. The summed E-state index contributed by atoms with van der Waals surface area (Å²) in [5, 5.41) is 12.7. The van der Waals surface area contributed by atoms with E-state index in [9.17, 15) is 9.90 Å². The highest BCUT2D eigenvalue weighted by atomic mass is 32.1. The van der Waals surface area contributed by atoms with Crippen LogP contribution in [0.3, 0.4) is 0 Å². The van der Waals surface area contributed by atoms with Crippen LogP contribution in [0.2, 0.25) is 0 Å². The minimum Gasteiger partial charge on any atom is -0.507 e. The molecule has 0 saturated carbocycles. The molecule has 1 aliphatic rings. The summed E-state index contributed by atoms with van der Waals surface area (Å²) in [5.74, 6) is 0.333. The van der Waals surface area contributed by atoms with Gasteiger partial charge < -0.3 is 5.11 Å². The maximum Gasteiger partial charge on any atom is 0.210 e. The van der Waals surface area contributed by atoms with Crippen LogP contribution in [0.5, 0.6) is 5.75 Å². The van der Waals surface area contributed by atoms with Gasteiger partial charge in [0, 0.05) is 18.2 Å². The normalized spacial score (nSPS) is 16.5. The van der Waals surface area contributed by atoms with Crippen molar-refractivity contribution in [1.29, 1.82) is 0 Å². The van der Waals surface area contributed by atoms with Crippen LogP contribution in [-0.2, 0) is 6.42 Å². The second-order valence-corrected chi connectivity index (χ2v) is 8.17. The molecule has 0 saturated heterocycles. The van der Waals surface area contributed by atoms with Crippen molar-refractivity contribution in [3.63, 3.8) is 0 Å². The summed E-state index contributed by atoms with van der Waals surface area (Å²) >= 11 is 1.33. The van der Waals surface area contributed by atoms with Gasteiger partial charge in [-0.05, 0) is 28.7 Å². The molecule has 4 rings (SSSR count). The van der Waals surface area contributed by atoms with Crippen LogP contribution in [-0.4, -0.2) is 22.1 Å². The molecule has 0 amide bonds. The molecule has 0 unspecified atom stereocenters. The average Bonchev–Trinajstić information content (AvgIpc) is 2.96. The standard InChI is InChI=1S/C20H18N2O2S/c1-20(2)9-15-18(17(24)10-20)25-19(22-15)21-11-14-13-6-4-3-5-12(13)7-8-16(14)23/h3-8,11,23H,9-10H2,1-2H3/b21-11+. The first kappa shape index (κ1) is 16.0. The SMILES string of the molecule is CC1(C)CC(=O)c2sc(/N=C/c3c(O)ccc4ccccc34)nc2C1. The van der Waals surface area contributed by atoms with E-state index in [1.807, 2.05) is 30.3 Å². The fourth-order valence-corrected chi connectivity index (χ4v) is 4.17. The molecule has 0 aliphatic heterocycles. The molecule has 1 aromatic heterocycles. The van der Waals surface area contributed by atoms with Crippen molar-refractivity contribution in [3.8, 4) is 5.75 Å². The lowest BCUT2D eigenvalue weighted by Gasteiger charge is -2.26. The van der Waals surface area contributed by atoms with Gasteiger partial charge >= 0.3 is 0 Å². The number of aliphatic imine (C=N–C) groups is 1. The van der Waals surface area contributed by atoms with Gasteiger partial charge in [-0.15, -0.1) is 0 Å². The molecule has 25 heavy (non-hydrogen) atoms. The first-order chi connectivity index (χ1) is 11.9. The maximum absolute atomic E-state index is 12.3. The summed E-state index contributed by atoms with van der Waals surface area (Å²) in [5.41, 5.74) is 1.46. The number of aromatic hydroxyl groups is 1. The summed E-state index contributed by atoms with van der Waals surface area (Å²) in [6, 6.07) is 11.4. The van der Waals surface area contributed by atoms with Crippen LogP contribution in [0.15, 0.2) is 41.4 Å². The van der Waals surface area contributed by atoms with Crippen LogP contribution >= 0.6 is 11.3 Å². The minimum atomic E-state index is -0.0486. The zero-order chi connectivity index (χ0) is 17.6. The zero-order valence-electron chi connectivity index (χ0n) is 14.1. The van der Waals surface area contributed by atoms with E-state index in [1.54, 1.807) is 12.3 Å². The molecule has 5 heteroatoms. The first-order valence-electron chi connectivity index (χ1n) is 8.21. The number of nitrogens with zero attached hydrogens (tertiary/aromatic N) is 2. The maximum atomic E-state index is 12.3. The smallest absolute Gasteiger partial charge is 0.210 e. The highest BCUT2D eigenvalue weighted by Crippen LogP contribution is 2.39. The van der Waals surface area contributed by atoms with Gasteiger partial charge in [-0.2, -0.15) is 0 Å². The number of Topliss-reactive ketones (excluding diaryl/α,β-unsaturated/α-hetero) is 1. The summed E-state index contributed by atoms with van der Waals surface area (Å²) in [6.45, 7) is 4.18. The number of rotatable bonds is 2. The Hall–Kier alpha value is -2.53. The molecule has 3 aromatic rings. The number of carbonyl (C=O) groups excluding carboxylic acids is 1. The second-order valence-electron chi connectivity index (χ2n) is 7.19. The fourth-order valence-electron chi connectivity index (χ4n) is 3.30. The van der Waals surface area contributed by atoms with Gasteiger partial charge in [-0.1, -0.05) is 55.5 Å². The quantitative estimate of drug-likeness (QED) is 0.668. The topological polar surface area (TPSA) is 62.5 Å². The molecule has 126 valence electrons. The number of aromatic nitrogens is 1. The predicted molar refractivity (Wildman–Crippen MR) is 101 cm³/mol. The number of thiazole rings is 1. The number of hydrogen-bond donors (Lipinski definition) is 1. The Morgan fingerprint density at radius 1 is 1.20 bits per heavy atom. The second kappa shape index (κ2) is 5.77. The predicted octanol–water partition coefficient (Wildman–Crippen LogP) is 4.91. The van der Waals surface area contributed by atoms with Crippen LogP contribution in [0.25, 0.3) is 10.8 Å². The Balaban J connectivity index is 1.73. The molecular formula is C20H18N2O2S. The van der Waals surface area contributed by atoms with E-state index >= 15 is 0 Å². The van der Waals surface area contributed by atoms with Crippen molar-refractivity contribution >= 4 is 39.2 Å². The van der Waals surface area contributed by atoms with Gasteiger partial charge in [0.25, 0.3) is 0 Å². The average molecular weight is 350 g/mol. The monoisotopic (exact) mass is 350 g/mol. The van der Waals surface area contributed by atoms with Gasteiger partial charge in [0.15, 0.2) is 5.78 Å². The van der Waals surface area contributed by atoms with Crippen molar-refractivity contribution in [2.75, 3.05) is 0 Å². The summed E-state index contributed by atoms with van der Waals surface area (Å²) < 4.78 is 0. The number of ketones is 1. The van der Waals surface area contributed by atoms with Gasteiger partial charge in [0.05, 0.1) is 10.6 Å². The third-order valence-corrected chi connectivity index (χ3v) is 5.52. The lowest BCUT2D eigenvalue weighted by molar-refractivity contribution is 0.0916. The molecular weight excluding hydrogens is 332 g/mol. The summed E-state index contributed by atoms with van der Waals surface area (Å²) in [7, 11) is 0. The largest absolute Gasteiger partial charge is 0.507 e. The Kier molecular flexibility index (Phi) is 3.69. The molecule has 0 fully saturated rings. The third kappa shape index (κ3) is 2.96.